The summed E-state index contributed by atoms with van der Waals surface area (Å²) in [5, 5.41) is 5.45. The number of ketones is 1. The lowest BCUT2D eigenvalue weighted by Gasteiger charge is -2.35. The van der Waals surface area contributed by atoms with Gasteiger partial charge in [0.1, 0.15) is 22.0 Å². The maximum absolute atomic E-state index is 14.2. The number of nitrogens with zero attached hydrogens (tertiary/aromatic N) is 1. The van der Waals surface area contributed by atoms with Crippen LogP contribution in [0.4, 0.5) is 4.79 Å². The highest BCUT2D eigenvalue weighted by Crippen LogP contribution is 2.65. The number of Topliss-reactive ketones (excluding diaryl/α,β-unsaturated/α-hetero) is 1. The van der Waals surface area contributed by atoms with Crippen molar-refractivity contribution in [3.05, 3.63) is 35.4 Å². The monoisotopic (exact) mass is 606 g/mol. The highest BCUT2D eigenvalue weighted by molar-refractivity contribution is 6.51. The molecule has 0 aromatic heterocycles. The first kappa shape index (κ1) is 29.6. The van der Waals surface area contributed by atoms with Crippen LogP contribution in [0.15, 0.2) is 24.3 Å². The molecular weight excluding hydrogens is 571 g/mol. The van der Waals surface area contributed by atoms with Gasteiger partial charge in [-0.3, -0.25) is 19.2 Å². The van der Waals surface area contributed by atoms with Crippen LogP contribution in [0, 0.1) is 23.7 Å². The molecule has 3 aliphatic carbocycles. The van der Waals surface area contributed by atoms with Crippen molar-refractivity contribution in [3.63, 3.8) is 0 Å². The van der Waals surface area contributed by atoms with E-state index in [0.29, 0.717) is 19.3 Å². The van der Waals surface area contributed by atoms with Gasteiger partial charge in [-0.1, -0.05) is 37.1 Å². The number of hydrogen-bond acceptors (Lipinski definition) is 6. The lowest BCUT2D eigenvalue weighted by atomic mass is 9.94. The normalized spacial score (nSPS) is 25.9. The standard InChI is InChI=1S/C29H36Cl2N4O6/c1-28(2,3)41-27(40)34-21(17-11-15-6-4-5-7-16(15)12-17)26(39)35-13-18-20(29(18,30)31)22(35)25(38)33-19(10-14-8-9-14)23(36)24(32)37/h4-7,14,17-22H,8-13H2,1-3H3,(H2,32,37)(H,33,38)(H,34,40)/t18?,19?,20-,21?,22-/m0/s1. The van der Waals surface area contributed by atoms with Crippen molar-refractivity contribution in [1.29, 1.82) is 0 Å². The second-order valence-corrected chi connectivity index (χ2v) is 14.2. The fraction of sp³-hybridized carbons (Fsp3) is 0.621. The van der Waals surface area contributed by atoms with Gasteiger partial charge in [0, 0.05) is 18.4 Å². The zero-order valence-electron chi connectivity index (χ0n) is 23.3. The number of carbonyl (C=O) groups is 5. The molecule has 1 aromatic rings. The maximum Gasteiger partial charge on any atom is 0.408 e. The first-order valence-corrected chi connectivity index (χ1v) is 14.8. The smallest absolute Gasteiger partial charge is 0.408 e. The predicted molar refractivity (Wildman–Crippen MR) is 151 cm³/mol. The van der Waals surface area contributed by atoms with E-state index < -0.39 is 63.6 Å². The molecule has 222 valence electrons. The fourth-order valence-electron chi connectivity index (χ4n) is 6.30. The number of amides is 4. The summed E-state index contributed by atoms with van der Waals surface area (Å²) < 4.78 is 4.26. The Morgan fingerprint density at radius 3 is 2.22 bits per heavy atom. The molecule has 0 spiro atoms. The van der Waals surface area contributed by atoms with Crippen LogP contribution in [0.5, 0.6) is 0 Å². The van der Waals surface area contributed by atoms with Crippen molar-refractivity contribution in [1.82, 2.24) is 15.5 Å². The number of carbonyl (C=O) groups excluding carboxylic acids is 5. The minimum absolute atomic E-state index is 0.109. The van der Waals surface area contributed by atoms with Crippen LogP contribution in [0.25, 0.3) is 0 Å². The summed E-state index contributed by atoms with van der Waals surface area (Å²) in [6, 6.07) is 4.69. The molecule has 2 saturated carbocycles. The van der Waals surface area contributed by atoms with Gasteiger partial charge in [-0.2, -0.15) is 0 Å². The number of piperidine rings is 1. The van der Waals surface area contributed by atoms with Gasteiger partial charge in [-0.15, -0.1) is 23.2 Å². The summed E-state index contributed by atoms with van der Waals surface area (Å²) in [6.07, 6.45) is 2.46. The lowest BCUT2D eigenvalue weighted by Crippen LogP contribution is -2.60. The molecule has 12 heteroatoms. The number of alkyl carbamates (subject to hydrolysis) is 1. The predicted octanol–water partition coefficient (Wildman–Crippen LogP) is 2.26. The maximum atomic E-state index is 14.2. The zero-order valence-corrected chi connectivity index (χ0v) is 24.8. The minimum atomic E-state index is -1.21. The first-order chi connectivity index (χ1) is 19.2. The molecular formula is C29H36Cl2N4O6. The van der Waals surface area contributed by atoms with E-state index >= 15 is 0 Å². The van der Waals surface area contributed by atoms with E-state index in [0.717, 1.165) is 24.0 Å². The third kappa shape index (κ3) is 6.18. The average Bonchev–Trinajstić information content (AvgIpc) is 3.63. The Kier molecular flexibility index (Phi) is 7.78. The van der Waals surface area contributed by atoms with Crippen LogP contribution >= 0.6 is 23.2 Å². The van der Waals surface area contributed by atoms with Crippen LogP contribution in [-0.2, 0) is 36.8 Å². The van der Waals surface area contributed by atoms with Gasteiger partial charge in [0.25, 0.3) is 5.91 Å². The third-order valence-corrected chi connectivity index (χ3v) is 9.58. The Morgan fingerprint density at radius 2 is 1.68 bits per heavy atom. The third-order valence-electron chi connectivity index (χ3n) is 8.52. The number of alkyl halides is 2. The Morgan fingerprint density at radius 1 is 1.07 bits per heavy atom. The molecule has 4 amide bonds. The van der Waals surface area contributed by atoms with Gasteiger partial charge in [0.15, 0.2) is 0 Å². The minimum Gasteiger partial charge on any atom is -0.444 e. The number of halogens is 2. The number of hydrogen-bond donors (Lipinski definition) is 3. The van der Waals surface area contributed by atoms with Gasteiger partial charge < -0.3 is 26.0 Å². The van der Waals surface area contributed by atoms with Crippen LogP contribution in [-0.4, -0.2) is 69.1 Å². The van der Waals surface area contributed by atoms with Crippen LogP contribution in [0.2, 0.25) is 0 Å². The van der Waals surface area contributed by atoms with Crippen LogP contribution < -0.4 is 16.4 Å². The molecule has 41 heavy (non-hydrogen) atoms. The molecule has 10 nitrogen and oxygen atoms in total. The lowest BCUT2D eigenvalue weighted by molar-refractivity contribution is -0.144. The summed E-state index contributed by atoms with van der Waals surface area (Å²) in [6.45, 7) is 5.30. The zero-order chi connectivity index (χ0) is 29.9. The van der Waals surface area contributed by atoms with E-state index in [9.17, 15) is 24.0 Å². The number of benzene rings is 1. The van der Waals surface area contributed by atoms with Crippen molar-refractivity contribution in [3.8, 4) is 0 Å². The van der Waals surface area contributed by atoms with Crippen LogP contribution in [0.1, 0.15) is 51.2 Å². The summed E-state index contributed by atoms with van der Waals surface area (Å²) >= 11 is 13.0. The topological polar surface area (TPSA) is 148 Å². The summed E-state index contributed by atoms with van der Waals surface area (Å²) in [4.78, 5) is 66.5. The van der Waals surface area contributed by atoms with E-state index in [1.165, 1.54) is 4.90 Å². The van der Waals surface area contributed by atoms with Crippen molar-refractivity contribution < 1.29 is 28.7 Å². The number of rotatable bonds is 9. The molecule has 1 saturated heterocycles. The molecule has 1 aromatic carbocycles. The van der Waals surface area contributed by atoms with Crippen molar-refractivity contribution in [2.45, 2.75) is 80.9 Å². The summed E-state index contributed by atoms with van der Waals surface area (Å²) in [5.74, 6) is -4.08. The Hall–Kier alpha value is -2.85. The van der Waals surface area contributed by atoms with E-state index in [2.05, 4.69) is 10.6 Å². The molecule has 0 bridgehead atoms. The van der Waals surface area contributed by atoms with Crippen molar-refractivity contribution >= 4 is 52.8 Å². The molecule has 4 aliphatic rings. The van der Waals surface area contributed by atoms with Gasteiger partial charge in [0.2, 0.25) is 17.6 Å². The van der Waals surface area contributed by atoms with E-state index in [1.54, 1.807) is 20.8 Å². The molecule has 0 radical (unpaired) electrons. The van der Waals surface area contributed by atoms with Gasteiger partial charge in [0.05, 0.1) is 6.04 Å². The Bertz CT molecular complexity index is 1250. The average molecular weight is 608 g/mol. The van der Waals surface area contributed by atoms with Gasteiger partial charge in [-0.05, 0) is 63.0 Å². The highest BCUT2D eigenvalue weighted by atomic mass is 35.5. The number of ether oxygens (including phenoxy) is 1. The number of nitrogens with one attached hydrogen (secondary N) is 2. The Labute approximate surface area is 249 Å². The molecule has 4 N–H and O–H groups in total. The molecule has 3 unspecified atom stereocenters. The molecule has 5 rings (SSSR count). The largest absolute Gasteiger partial charge is 0.444 e. The quantitative estimate of drug-likeness (QED) is 0.290. The fourth-order valence-corrected chi connectivity index (χ4v) is 7.13. The van der Waals surface area contributed by atoms with Crippen LogP contribution in [0.3, 0.4) is 0 Å². The second kappa shape index (κ2) is 10.8. The summed E-state index contributed by atoms with van der Waals surface area (Å²) in [7, 11) is 0. The summed E-state index contributed by atoms with van der Waals surface area (Å²) in [5.41, 5.74) is 6.65. The first-order valence-electron chi connectivity index (χ1n) is 14.1. The second-order valence-electron chi connectivity index (χ2n) is 12.8. The molecule has 5 atom stereocenters. The number of primary amides is 1. The number of nitrogens with two attached hydrogens (primary N) is 1. The SMILES string of the molecule is CC(C)(C)OC(=O)NC(C(=O)N1CC2[C@@H]([C@H]1C(=O)NC(CC1CC1)C(=O)C(N)=O)C2(Cl)Cl)C1Cc2ccccc2C1. The van der Waals surface area contributed by atoms with E-state index in [-0.39, 0.29) is 24.3 Å². The van der Waals surface area contributed by atoms with Gasteiger partial charge in [-0.25, -0.2) is 4.79 Å². The van der Waals surface area contributed by atoms with Crippen molar-refractivity contribution in [2.75, 3.05) is 6.54 Å². The molecule has 1 heterocycles. The highest BCUT2D eigenvalue weighted by Gasteiger charge is 2.74. The number of likely N-dealkylation sites (tertiary alicyclic amines) is 1. The number of fused-ring (bicyclic) bond motifs is 2. The van der Waals surface area contributed by atoms with Crippen molar-refractivity contribution in [2.24, 2.45) is 29.4 Å². The molecule has 3 fully saturated rings. The Balaban J connectivity index is 1.39. The van der Waals surface area contributed by atoms with E-state index in [4.69, 9.17) is 33.7 Å². The molecule has 1 aliphatic heterocycles. The van der Waals surface area contributed by atoms with Gasteiger partial charge >= 0.3 is 6.09 Å². The van der Waals surface area contributed by atoms with E-state index in [1.807, 2.05) is 24.3 Å².